The molecule has 1 aliphatic rings. The molecule has 12 heteroatoms. The first-order valence-electron chi connectivity index (χ1n) is 11.7. The van der Waals surface area contributed by atoms with Crippen molar-refractivity contribution in [3.05, 3.63) is 81.1 Å². The van der Waals surface area contributed by atoms with Crippen LogP contribution in [0.15, 0.2) is 58.8 Å². The van der Waals surface area contributed by atoms with Gasteiger partial charge in [0.05, 0.1) is 28.5 Å². The lowest BCUT2D eigenvalue weighted by Gasteiger charge is -2.29. The number of halogens is 6. The molecule has 1 unspecified atom stereocenters. The summed E-state index contributed by atoms with van der Waals surface area (Å²) in [5.41, 5.74) is -3.26. The zero-order valence-electron chi connectivity index (χ0n) is 21.0. The van der Waals surface area contributed by atoms with Gasteiger partial charge in [0.15, 0.2) is 5.82 Å². The third-order valence-electron chi connectivity index (χ3n) is 5.87. The molecule has 3 aromatic rings. The summed E-state index contributed by atoms with van der Waals surface area (Å²) < 4.78 is 57.2. The van der Waals surface area contributed by atoms with Crippen LogP contribution in [0.5, 0.6) is 0 Å². The molecular formula is C27H23Cl2F4N3O3. The predicted molar refractivity (Wildman–Crippen MR) is 142 cm³/mol. The van der Waals surface area contributed by atoms with E-state index in [0.29, 0.717) is 21.9 Å². The first kappa shape index (κ1) is 28.6. The molecular weight excluding hydrogens is 561 g/mol. The Bertz CT molecular complexity index is 1460. The minimum Gasteiger partial charge on any atom is -0.390 e. The fourth-order valence-corrected chi connectivity index (χ4v) is 4.54. The van der Waals surface area contributed by atoms with E-state index in [0.717, 1.165) is 12.1 Å². The smallest absolute Gasteiger partial charge is 0.390 e. The third-order valence-corrected chi connectivity index (χ3v) is 6.42. The lowest BCUT2D eigenvalue weighted by atomic mass is 9.85. The SMILES string of the molecule is CC(C)(C)ON=CCNC(=O)c1ccc(C2=NOC(c3cc(Cl)c(F)c(Cl)c3)(C(F)(F)F)C2)c2ccccc12. The molecule has 0 radical (unpaired) electrons. The summed E-state index contributed by atoms with van der Waals surface area (Å²) in [6.07, 6.45) is -4.26. The van der Waals surface area contributed by atoms with Gasteiger partial charge in [-0.05, 0) is 49.7 Å². The van der Waals surface area contributed by atoms with Crippen LogP contribution in [0.2, 0.25) is 10.0 Å². The van der Waals surface area contributed by atoms with Gasteiger partial charge in [-0.15, -0.1) is 0 Å². The second-order valence-corrected chi connectivity index (χ2v) is 10.6. The predicted octanol–water partition coefficient (Wildman–Crippen LogP) is 7.40. The van der Waals surface area contributed by atoms with Crippen LogP contribution in [0, 0.1) is 5.82 Å². The number of amides is 1. The summed E-state index contributed by atoms with van der Waals surface area (Å²) in [7, 11) is 0. The van der Waals surface area contributed by atoms with E-state index in [2.05, 4.69) is 15.6 Å². The van der Waals surface area contributed by atoms with Gasteiger partial charge in [0.2, 0.25) is 0 Å². The van der Waals surface area contributed by atoms with Gasteiger partial charge in [-0.2, -0.15) is 13.2 Å². The van der Waals surface area contributed by atoms with E-state index in [1.54, 1.807) is 24.3 Å². The number of carbonyl (C=O) groups is 1. The molecule has 1 heterocycles. The van der Waals surface area contributed by atoms with Gasteiger partial charge >= 0.3 is 6.18 Å². The van der Waals surface area contributed by atoms with E-state index in [1.165, 1.54) is 18.3 Å². The highest BCUT2D eigenvalue weighted by Crippen LogP contribution is 2.50. The van der Waals surface area contributed by atoms with Crippen LogP contribution in [0.1, 0.15) is 48.7 Å². The maximum Gasteiger partial charge on any atom is 0.435 e. The Morgan fingerprint density at radius 2 is 1.77 bits per heavy atom. The second kappa shape index (κ2) is 10.7. The van der Waals surface area contributed by atoms with Crippen molar-refractivity contribution in [2.45, 2.75) is 44.6 Å². The van der Waals surface area contributed by atoms with Crippen molar-refractivity contribution in [3.63, 3.8) is 0 Å². The van der Waals surface area contributed by atoms with E-state index in [-0.39, 0.29) is 12.3 Å². The normalized spacial score (nSPS) is 17.8. The number of carbonyl (C=O) groups excluding carboxylic acids is 1. The van der Waals surface area contributed by atoms with Crippen molar-refractivity contribution in [2.24, 2.45) is 10.3 Å². The highest BCUT2D eigenvalue weighted by molar-refractivity contribution is 6.35. The van der Waals surface area contributed by atoms with Crippen LogP contribution < -0.4 is 5.32 Å². The van der Waals surface area contributed by atoms with E-state index in [9.17, 15) is 22.4 Å². The molecule has 4 rings (SSSR count). The van der Waals surface area contributed by atoms with Crippen molar-refractivity contribution >= 4 is 51.8 Å². The summed E-state index contributed by atoms with van der Waals surface area (Å²) in [6.45, 7) is 5.60. The van der Waals surface area contributed by atoms with E-state index < -0.39 is 51.1 Å². The van der Waals surface area contributed by atoms with Gasteiger partial charge < -0.3 is 15.0 Å². The number of hydrogen-bond acceptors (Lipinski definition) is 5. The average Bonchev–Trinajstić information content (AvgIpc) is 3.32. The van der Waals surface area contributed by atoms with Crippen LogP contribution in [-0.2, 0) is 15.3 Å². The highest BCUT2D eigenvalue weighted by Gasteiger charge is 2.62. The molecule has 1 atom stereocenters. The Balaban J connectivity index is 1.65. The number of fused-ring (bicyclic) bond motifs is 1. The van der Waals surface area contributed by atoms with Crippen LogP contribution in [0.4, 0.5) is 17.6 Å². The first-order valence-corrected chi connectivity index (χ1v) is 12.5. The Morgan fingerprint density at radius 3 is 2.38 bits per heavy atom. The number of alkyl halides is 3. The van der Waals surface area contributed by atoms with Crippen LogP contribution in [-0.4, -0.2) is 36.2 Å². The van der Waals surface area contributed by atoms with E-state index >= 15 is 0 Å². The summed E-state index contributed by atoms with van der Waals surface area (Å²) >= 11 is 11.6. The molecule has 0 spiro atoms. The molecule has 0 aromatic heterocycles. The number of benzene rings is 3. The number of rotatable bonds is 6. The molecule has 1 N–H and O–H groups in total. The fraction of sp³-hybridized carbons (Fsp3) is 0.296. The molecule has 0 saturated heterocycles. The van der Waals surface area contributed by atoms with Crippen LogP contribution in [0.25, 0.3) is 10.8 Å². The lowest BCUT2D eigenvalue weighted by Crippen LogP contribution is -2.42. The van der Waals surface area contributed by atoms with Gasteiger partial charge in [0.1, 0.15) is 5.60 Å². The Hall–Kier alpha value is -3.37. The van der Waals surface area contributed by atoms with Gasteiger partial charge in [0.25, 0.3) is 11.5 Å². The van der Waals surface area contributed by atoms with Gasteiger partial charge in [0, 0.05) is 23.1 Å². The molecule has 39 heavy (non-hydrogen) atoms. The van der Waals surface area contributed by atoms with Crippen LogP contribution >= 0.6 is 23.2 Å². The summed E-state index contributed by atoms with van der Waals surface area (Å²) in [5, 5.41) is 10.1. The quantitative estimate of drug-likeness (QED) is 0.142. The molecule has 1 aliphatic heterocycles. The maximum absolute atomic E-state index is 14.4. The number of oxime groups is 2. The van der Waals surface area contributed by atoms with Crippen molar-refractivity contribution < 1.29 is 32.0 Å². The fourth-order valence-electron chi connectivity index (χ4n) is 4.05. The monoisotopic (exact) mass is 583 g/mol. The molecule has 0 bridgehead atoms. The lowest BCUT2D eigenvalue weighted by molar-refractivity contribution is -0.275. The highest BCUT2D eigenvalue weighted by atomic mass is 35.5. The van der Waals surface area contributed by atoms with Crippen molar-refractivity contribution in [1.82, 2.24) is 5.32 Å². The molecule has 0 fully saturated rings. The summed E-state index contributed by atoms with van der Waals surface area (Å²) in [5.74, 6) is -1.45. The van der Waals surface area contributed by atoms with Crippen molar-refractivity contribution in [1.29, 1.82) is 0 Å². The molecule has 0 aliphatic carbocycles. The average molecular weight is 584 g/mol. The molecule has 6 nitrogen and oxygen atoms in total. The minimum absolute atomic E-state index is 0.0153. The largest absolute Gasteiger partial charge is 0.435 e. The zero-order valence-corrected chi connectivity index (χ0v) is 22.5. The third kappa shape index (κ3) is 5.81. The van der Waals surface area contributed by atoms with Crippen molar-refractivity contribution in [2.75, 3.05) is 6.54 Å². The standard InChI is InChI=1S/C27H23Cl2F4N3O3/c1-25(2,3)38-35-11-10-34-24(37)19-9-8-18(16-6-4-5-7-17(16)19)22-14-26(39-36-22,27(31,32)33)15-12-20(28)23(30)21(29)13-15/h4-9,11-13H,10,14H2,1-3H3,(H,34,37). The number of hydrogen-bond donors (Lipinski definition) is 1. The minimum atomic E-state index is -4.95. The molecule has 0 saturated carbocycles. The summed E-state index contributed by atoms with van der Waals surface area (Å²) in [4.78, 5) is 23.2. The first-order chi connectivity index (χ1) is 18.2. The van der Waals surface area contributed by atoms with E-state index in [4.69, 9.17) is 32.9 Å². The number of nitrogens with zero attached hydrogens (tertiary/aromatic N) is 2. The van der Waals surface area contributed by atoms with Gasteiger partial charge in [-0.3, -0.25) is 4.79 Å². The second-order valence-electron chi connectivity index (χ2n) is 9.79. The molecule has 3 aromatic carbocycles. The van der Waals surface area contributed by atoms with Crippen molar-refractivity contribution in [3.8, 4) is 0 Å². The van der Waals surface area contributed by atoms with Gasteiger partial charge in [-0.25, -0.2) is 4.39 Å². The summed E-state index contributed by atoms with van der Waals surface area (Å²) in [6, 6.07) is 11.4. The van der Waals surface area contributed by atoms with E-state index in [1.807, 2.05) is 20.8 Å². The molecule has 1 amide bonds. The zero-order chi connectivity index (χ0) is 28.6. The maximum atomic E-state index is 14.4. The Labute approximate surface area is 231 Å². The van der Waals surface area contributed by atoms with Gasteiger partial charge in [-0.1, -0.05) is 63.8 Å². The molecule has 206 valence electrons. The number of nitrogens with one attached hydrogen (secondary N) is 1. The Kier molecular flexibility index (Phi) is 7.82. The van der Waals surface area contributed by atoms with Crippen LogP contribution in [0.3, 0.4) is 0 Å². The Morgan fingerprint density at radius 1 is 1.13 bits per heavy atom. The topological polar surface area (TPSA) is 72.3 Å².